The minimum Gasteiger partial charge on any atom is -0.378 e. The van der Waals surface area contributed by atoms with Crippen molar-refractivity contribution < 1.29 is 4.74 Å². The first-order valence-electron chi connectivity index (χ1n) is 5.40. The SMILES string of the molecule is COCc1cc(=O)[nH]c(Cc2ccccc2)n1. The van der Waals surface area contributed by atoms with Crippen LogP contribution in [-0.2, 0) is 17.8 Å². The Kier molecular flexibility index (Phi) is 3.67. The molecule has 1 heterocycles. The number of aromatic nitrogens is 2. The molecule has 0 atom stereocenters. The van der Waals surface area contributed by atoms with Gasteiger partial charge in [0, 0.05) is 19.6 Å². The zero-order chi connectivity index (χ0) is 12.1. The fourth-order valence-corrected chi connectivity index (χ4v) is 1.66. The monoisotopic (exact) mass is 230 g/mol. The molecule has 4 heteroatoms. The zero-order valence-electron chi connectivity index (χ0n) is 9.64. The van der Waals surface area contributed by atoms with Gasteiger partial charge in [0.25, 0.3) is 5.56 Å². The lowest BCUT2D eigenvalue weighted by Gasteiger charge is -2.03. The summed E-state index contributed by atoms with van der Waals surface area (Å²) in [5.41, 5.74) is 1.63. The lowest BCUT2D eigenvalue weighted by atomic mass is 10.1. The number of aromatic amines is 1. The first-order valence-corrected chi connectivity index (χ1v) is 5.40. The smallest absolute Gasteiger partial charge is 0.251 e. The van der Waals surface area contributed by atoms with Gasteiger partial charge >= 0.3 is 0 Å². The number of benzene rings is 1. The van der Waals surface area contributed by atoms with Crippen LogP contribution in [0.4, 0.5) is 0 Å². The van der Waals surface area contributed by atoms with Crippen LogP contribution >= 0.6 is 0 Å². The Morgan fingerprint density at radius 1 is 1.29 bits per heavy atom. The summed E-state index contributed by atoms with van der Waals surface area (Å²) in [5.74, 6) is 0.663. The van der Waals surface area contributed by atoms with Gasteiger partial charge in [-0.1, -0.05) is 30.3 Å². The second kappa shape index (κ2) is 5.41. The fourth-order valence-electron chi connectivity index (χ4n) is 1.66. The molecule has 0 radical (unpaired) electrons. The molecule has 1 aromatic heterocycles. The predicted molar refractivity (Wildman–Crippen MR) is 64.8 cm³/mol. The molecule has 0 aliphatic rings. The van der Waals surface area contributed by atoms with E-state index < -0.39 is 0 Å². The third-order valence-electron chi connectivity index (χ3n) is 2.35. The van der Waals surface area contributed by atoms with Crippen molar-refractivity contribution >= 4 is 0 Å². The Labute approximate surface area is 99.3 Å². The Hall–Kier alpha value is -1.94. The van der Waals surface area contributed by atoms with Crippen molar-refractivity contribution in [2.24, 2.45) is 0 Å². The Bertz CT molecular complexity index is 535. The second-order valence-electron chi connectivity index (χ2n) is 3.78. The summed E-state index contributed by atoms with van der Waals surface area (Å²) >= 11 is 0. The Balaban J connectivity index is 2.24. The fraction of sp³-hybridized carbons (Fsp3) is 0.231. The number of nitrogens with zero attached hydrogens (tertiary/aromatic N) is 1. The molecular weight excluding hydrogens is 216 g/mol. The molecule has 0 spiro atoms. The summed E-state index contributed by atoms with van der Waals surface area (Å²) in [7, 11) is 1.58. The number of ether oxygens (including phenoxy) is 1. The maximum atomic E-state index is 11.4. The minimum atomic E-state index is -0.141. The van der Waals surface area contributed by atoms with Gasteiger partial charge in [-0.3, -0.25) is 4.79 Å². The standard InChI is InChI=1S/C13H14N2O2/c1-17-9-11-8-13(16)15-12(14-11)7-10-5-3-2-4-6-10/h2-6,8H,7,9H2,1H3,(H,14,15,16). The first kappa shape index (κ1) is 11.5. The van der Waals surface area contributed by atoms with Crippen LogP contribution in [0.1, 0.15) is 17.1 Å². The van der Waals surface area contributed by atoms with Crippen LogP contribution in [-0.4, -0.2) is 17.1 Å². The van der Waals surface area contributed by atoms with E-state index >= 15 is 0 Å². The molecule has 17 heavy (non-hydrogen) atoms. The van der Waals surface area contributed by atoms with Crippen molar-refractivity contribution in [1.82, 2.24) is 9.97 Å². The van der Waals surface area contributed by atoms with Crippen molar-refractivity contribution in [3.8, 4) is 0 Å². The summed E-state index contributed by atoms with van der Waals surface area (Å²) in [4.78, 5) is 18.5. The molecule has 0 aliphatic heterocycles. The second-order valence-corrected chi connectivity index (χ2v) is 3.78. The van der Waals surface area contributed by atoms with E-state index in [1.807, 2.05) is 30.3 Å². The van der Waals surface area contributed by atoms with E-state index in [0.29, 0.717) is 24.5 Å². The number of nitrogens with one attached hydrogen (secondary N) is 1. The van der Waals surface area contributed by atoms with Crippen LogP contribution in [0.25, 0.3) is 0 Å². The number of methoxy groups -OCH3 is 1. The van der Waals surface area contributed by atoms with Gasteiger partial charge in [0.05, 0.1) is 12.3 Å². The maximum absolute atomic E-state index is 11.4. The number of rotatable bonds is 4. The highest BCUT2D eigenvalue weighted by Gasteiger charge is 2.02. The third kappa shape index (κ3) is 3.26. The van der Waals surface area contributed by atoms with Crippen LogP contribution < -0.4 is 5.56 Å². The largest absolute Gasteiger partial charge is 0.378 e. The van der Waals surface area contributed by atoms with E-state index in [4.69, 9.17) is 4.74 Å². The summed E-state index contributed by atoms with van der Waals surface area (Å²) in [6, 6.07) is 11.4. The maximum Gasteiger partial charge on any atom is 0.251 e. The lowest BCUT2D eigenvalue weighted by Crippen LogP contribution is -2.13. The molecule has 0 amide bonds. The van der Waals surface area contributed by atoms with Crippen LogP contribution in [0.2, 0.25) is 0 Å². The molecule has 4 nitrogen and oxygen atoms in total. The average Bonchev–Trinajstić information content (AvgIpc) is 2.30. The minimum absolute atomic E-state index is 0.141. The van der Waals surface area contributed by atoms with Gasteiger partial charge in [0.1, 0.15) is 5.82 Å². The van der Waals surface area contributed by atoms with E-state index in [1.165, 1.54) is 6.07 Å². The van der Waals surface area contributed by atoms with Gasteiger partial charge in [-0.25, -0.2) is 4.98 Å². The van der Waals surface area contributed by atoms with Crippen LogP contribution in [0, 0.1) is 0 Å². The molecule has 0 saturated heterocycles. The van der Waals surface area contributed by atoms with Gasteiger partial charge in [0.15, 0.2) is 0 Å². The number of hydrogen-bond donors (Lipinski definition) is 1. The van der Waals surface area contributed by atoms with Gasteiger partial charge < -0.3 is 9.72 Å². The molecular formula is C13H14N2O2. The molecule has 0 bridgehead atoms. The van der Waals surface area contributed by atoms with Crippen molar-refractivity contribution in [2.75, 3.05) is 7.11 Å². The Morgan fingerprint density at radius 2 is 2.06 bits per heavy atom. The average molecular weight is 230 g/mol. The van der Waals surface area contributed by atoms with Gasteiger partial charge in [-0.2, -0.15) is 0 Å². The van der Waals surface area contributed by atoms with E-state index in [-0.39, 0.29) is 5.56 Å². The zero-order valence-corrected chi connectivity index (χ0v) is 9.64. The van der Waals surface area contributed by atoms with Crippen molar-refractivity contribution in [1.29, 1.82) is 0 Å². The highest BCUT2D eigenvalue weighted by atomic mass is 16.5. The summed E-state index contributed by atoms with van der Waals surface area (Å²) < 4.78 is 4.97. The van der Waals surface area contributed by atoms with Gasteiger partial charge in [-0.05, 0) is 5.56 Å². The van der Waals surface area contributed by atoms with Crippen LogP contribution in [0.5, 0.6) is 0 Å². The highest BCUT2D eigenvalue weighted by molar-refractivity contribution is 5.19. The molecule has 0 saturated carbocycles. The number of H-pyrrole nitrogens is 1. The van der Waals surface area contributed by atoms with E-state index in [1.54, 1.807) is 7.11 Å². The summed E-state index contributed by atoms with van der Waals surface area (Å²) in [6.07, 6.45) is 0.619. The molecule has 0 fully saturated rings. The third-order valence-corrected chi connectivity index (χ3v) is 2.35. The predicted octanol–water partition coefficient (Wildman–Crippen LogP) is 1.51. The van der Waals surface area contributed by atoms with E-state index in [2.05, 4.69) is 9.97 Å². The molecule has 0 aliphatic carbocycles. The normalized spacial score (nSPS) is 10.4. The summed E-state index contributed by atoms with van der Waals surface area (Å²) in [6.45, 7) is 0.353. The van der Waals surface area contributed by atoms with E-state index in [9.17, 15) is 4.79 Å². The highest BCUT2D eigenvalue weighted by Crippen LogP contribution is 2.04. The molecule has 2 rings (SSSR count). The lowest BCUT2D eigenvalue weighted by molar-refractivity contribution is 0.181. The quantitative estimate of drug-likeness (QED) is 0.866. The summed E-state index contributed by atoms with van der Waals surface area (Å²) in [5, 5.41) is 0. The molecule has 0 unspecified atom stereocenters. The van der Waals surface area contributed by atoms with E-state index in [0.717, 1.165) is 5.56 Å². The Morgan fingerprint density at radius 3 is 2.76 bits per heavy atom. The molecule has 1 N–H and O–H groups in total. The molecule has 1 aromatic carbocycles. The van der Waals surface area contributed by atoms with Gasteiger partial charge in [-0.15, -0.1) is 0 Å². The topological polar surface area (TPSA) is 55.0 Å². The van der Waals surface area contributed by atoms with Crippen molar-refractivity contribution in [2.45, 2.75) is 13.0 Å². The van der Waals surface area contributed by atoms with Crippen molar-refractivity contribution in [3.05, 3.63) is 63.8 Å². The van der Waals surface area contributed by atoms with Crippen LogP contribution in [0.3, 0.4) is 0 Å². The van der Waals surface area contributed by atoms with Gasteiger partial charge in [0.2, 0.25) is 0 Å². The molecule has 88 valence electrons. The number of hydrogen-bond acceptors (Lipinski definition) is 3. The first-order chi connectivity index (χ1) is 8.28. The molecule has 2 aromatic rings. The van der Waals surface area contributed by atoms with Crippen LogP contribution in [0.15, 0.2) is 41.2 Å². The van der Waals surface area contributed by atoms with Crippen molar-refractivity contribution in [3.63, 3.8) is 0 Å².